The molecule has 2 aliphatic rings. The fourth-order valence-electron chi connectivity index (χ4n) is 4.02. The fraction of sp³-hybridized carbons (Fsp3) is 0.579. The average Bonchev–Trinajstić information content (AvgIpc) is 2.98. The van der Waals surface area contributed by atoms with Gasteiger partial charge in [-0.15, -0.1) is 0 Å². The van der Waals surface area contributed by atoms with Crippen LogP contribution in [-0.4, -0.2) is 54.7 Å². The number of nitrogens with zero attached hydrogens (tertiary/aromatic N) is 1. The van der Waals surface area contributed by atoms with E-state index in [-0.39, 0.29) is 12.3 Å². The van der Waals surface area contributed by atoms with E-state index in [1.54, 1.807) is 30.1 Å². The zero-order valence-electron chi connectivity index (χ0n) is 14.9. The van der Waals surface area contributed by atoms with Crippen molar-refractivity contribution in [3.63, 3.8) is 0 Å². The lowest BCUT2D eigenvalue weighted by molar-refractivity contribution is -0.142. The molecule has 1 aromatic carbocycles. The molecule has 2 heterocycles. The number of amides is 1. The maximum atomic E-state index is 14.3. The molecule has 26 heavy (non-hydrogen) atoms. The highest BCUT2D eigenvalue weighted by molar-refractivity contribution is 5.83. The van der Waals surface area contributed by atoms with Crippen molar-refractivity contribution in [1.82, 2.24) is 10.2 Å². The zero-order chi connectivity index (χ0) is 18.7. The minimum Gasteiger partial charge on any atom is -0.480 e. The molecule has 0 unspecified atom stereocenters. The van der Waals surface area contributed by atoms with Crippen molar-refractivity contribution < 1.29 is 23.8 Å². The zero-order valence-corrected chi connectivity index (χ0v) is 14.9. The highest BCUT2D eigenvalue weighted by Crippen LogP contribution is 2.41. The highest BCUT2D eigenvalue weighted by atomic mass is 19.1. The number of likely N-dealkylation sites (tertiary alicyclic amines) is 1. The Balaban J connectivity index is 1.76. The molecule has 3 rings (SSSR count). The number of benzene rings is 1. The van der Waals surface area contributed by atoms with E-state index >= 15 is 0 Å². The number of carboxylic acid groups (broad SMARTS) is 1. The topological polar surface area (TPSA) is 78.9 Å². The molecule has 2 saturated heterocycles. The van der Waals surface area contributed by atoms with Crippen LogP contribution in [0, 0.1) is 17.7 Å². The second-order valence-electron chi connectivity index (χ2n) is 7.13. The number of nitrogens with one attached hydrogen (secondary N) is 1. The first-order chi connectivity index (χ1) is 12.5. The molecule has 1 aromatic rings. The minimum absolute atomic E-state index is 0.171. The van der Waals surface area contributed by atoms with Crippen molar-refractivity contribution in [3.05, 3.63) is 35.6 Å². The summed E-state index contributed by atoms with van der Waals surface area (Å²) in [6, 6.07) is 4.86. The number of hydrogen-bond donors (Lipinski definition) is 2. The van der Waals surface area contributed by atoms with Gasteiger partial charge in [0.1, 0.15) is 11.9 Å². The molecule has 0 spiro atoms. The van der Waals surface area contributed by atoms with Gasteiger partial charge in [-0.25, -0.2) is 4.39 Å². The molecule has 2 fully saturated rings. The van der Waals surface area contributed by atoms with Gasteiger partial charge in [-0.05, 0) is 38.3 Å². The van der Waals surface area contributed by atoms with Crippen LogP contribution in [0.2, 0.25) is 0 Å². The van der Waals surface area contributed by atoms with Gasteiger partial charge < -0.3 is 15.2 Å². The Morgan fingerprint density at radius 3 is 2.65 bits per heavy atom. The molecule has 1 amide bonds. The summed E-state index contributed by atoms with van der Waals surface area (Å²) in [5.41, 5.74) is 0.366. The number of carboxylic acids is 1. The number of halogens is 1. The summed E-state index contributed by atoms with van der Waals surface area (Å²) in [5, 5.41) is 12.4. The van der Waals surface area contributed by atoms with E-state index in [1.807, 2.05) is 0 Å². The lowest BCUT2D eigenvalue weighted by Crippen LogP contribution is -2.38. The molecule has 3 atom stereocenters. The summed E-state index contributed by atoms with van der Waals surface area (Å²) < 4.78 is 19.7. The Labute approximate surface area is 152 Å². The van der Waals surface area contributed by atoms with E-state index < -0.39 is 29.8 Å². The van der Waals surface area contributed by atoms with Crippen LogP contribution in [0.1, 0.15) is 30.9 Å². The summed E-state index contributed by atoms with van der Waals surface area (Å²) in [6.45, 7) is 1.95. The number of ether oxygens (including phenoxy) is 1. The third-order valence-corrected chi connectivity index (χ3v) is 5.54. The van der Waals surface area contributed by atoms with Crippen molar-refractivity contribution in [2.24, 2.45) is 11.8 Å². The second kappa shape index (κ2) is 8.14. The average molecular weight is 364 g/mol. The second-order valence-corrected chi connectivity index (χ2v) is 7.13. The van der Waals surface area contributed by atoms with Crippen LogP contribution >= 0.6 is 0 Å². The molecule has 0 radical (unpaired) electrons. The van der Waals surface area contributed by atoms with Crippen LogP contribution in [0.25, 0.3) is 0 Å². The van der Waals surface area contributed by atoms with Gasteiger partial charge in [0.25, 0.3) is 0 Å². The first-order valence-corrected chi connectivity index (χ1v) is 9.03. The van der Waals surface area contributed by atoms with Gasteiger partial charge in [-0.1, -0.05) is 18.2 Å². The predicted octanol–water partition coefficient (Wildman–Crippen LogP) is 1.81. The highest BCUT2D eigenvalue weighted by Gasteiger charge is 2.47. The van der Waals surface area contributed by atoms with E-state index in [0.29, 0.717) is 31.2 Å². The molecule has 7 heteroatoms. The van der Waals surface area contributed by atoms with Crippen LogP contribution in [0.15, 0.2) is 24.3 Å². The van der Waals surface area contributed by atoms with Crippen molar-refractivity contribution in [3.8, 4) is 0 Å². The van der Waals surface area contributed by atoms with Crippen LogP contribution in [0.5, 0.6) is 0 Å². The van der Waals surface area contributed by atoms with Gasteiger partial charge in [-0.2, -0.15) is 0 Å². The molecule has 6 nitrogen and oxygen atoms in total. The molecule has 0 bridgehead atoms. The van der Waals surface area contributed by atoms with Crippen molar-refractivity contribution in [2.75, 3.05) is 26.8 Å². The summed E-state index contributed by atoms with van der Waals surface area (Å²) >= 11 is 0. The summed E-state index contributed by atoms with van der Waals surface area (Å²) in [7, 11) is 1.64. The number of aliphatic carboxylic acids is 1. The van der Waals surface area contributed by atoms with Gasteiger partial charge in [0.2, 0.25) is 5.91 Å². The van der Waals surface area contributed by atoms with Crippen molar-refractivity contribution >= 4 is 11.9 Å². The molecular weight excluding hydrogens is 339 g/mol. The monoisotopic (exact) mass is 364 g/mol. The first kappa shape index (κ1) is 18.8. The summed E-state index contributed by atoms with van der Waals surface area (Å²) in [6.07, 6.45) is 1.98. The van der Waals surface area contributed by atoms with E-state index in [1.165, 1.54) is 6.07 Å². The Bertz CT molecular complexity index is 663. The number of likely N-dealkylation sites (N-methyl/N-ethyl adjacent to an activating group) is 1. The molecule has 0 aromatic heterocycles. The Morgan fingerprint density at radius 1 is 1.31 bits per heavy atom. The smallest absolute Gasteiger partial charge is 0.320 e. The van der Waals surface area contributed by atoms with Crippen LogP contribution in [-0.2, 0) is 14.3 Å². The number of rotatable bonds is 5. The van der Waals surface area contributed by atoms with Gasteiger partial charge >= 0.3 is 5.97 Å². The third kappa shape index (κ3) is 3.88. The van der Waals surface area contributed by atoms with Crippen molar-refractivity contribution in [1.29, 1.82) is 0 Å². The molecule has 0 aliphatic carbocycles. The Morgan fingerprint density at radius 2 is 2.00 bits per heavy atom. The molecule has 0 saturated carbocycles. The lowest BCUT2D eigenvalue weighted by atomic mass is 9.91. The summed E-state index contributed by atoms with van der Waals surface area (Å²) in [5.74, 6) is -1.85. The van der Waals surface area contributed by atoms with Crippen LogP contribution in [0.3, 0.4) is 0 Å². The normalized spacial score (nSPS) is 27.4. The SMILES string of the molecule is CN1[C@H](C(=O)O)C[C@H](C(=O)NCC2CCOCC2)[C@@H]1c1ccccc1F. The first-order valence-electron chi connectivity index (χ1n) is 9.03. The lowest BCUT2D eigenvalue weighted by Gasteiger charge is -2.27. The number of carbonyl (C=O) groups excluding carboxylic acids is 1. The number of hydrogen-bond acceptors (Lipinski definition) is 4. The molecule has 142 valence electrons. The number of carbonyl (C=O) groups is 2. The van der Waals surface area contributed by atoms with E-state index in [2.05, 4.69) is 5.32 Å². The molecular formula is C19H25FN2O4. The molecule has 2 N–H and O–H groups in total. The fourth-order valence-corrected chi connectivity index (χ4v) is 4.02. The van der Waals surface area contributed by atoms with E-state index in [4.69, 9.17) is 4.74 Å². The Kier molecular flexibility index (Phi) is 5.88. The van der Waals surface area contributed by atoms with Gasteiger partial charge in [0.05, 0.1) is 5.92 Å². The van der Waals surface area contributed by atoms with E-state index in [0.717, 1.165) is 12.8 Å². The van der Waals surface area contributed by atoms with Gasteiger partial charge in [0.15, 0.2) is 0 Å². The maximum absolute atomic E-state index is 14.3. The van der Waals surface area contributed by atoms with Crippen LogP contribution < -0.4 is 5.32 Å². The quantitative estimate of drug-likeness (QED) is 0.833. The standard InChI is InChI=1S/C19H25FN2O4/c1-22-16(19(24)25)10-14(17(22)13-4-2-3-5-15(13)20)18(23)21-11-12-6-8-26-9-7-12/h2-5,12,14,16-17H,6-11H2,1H3,(H,21,23)(H,24,25)/t14-,16-,17-/m0/s1. The minimum atomic E-state index is -0.992. The Hall–Kier alpha value is -1.99. The predicted molar refractivity (Wildman–Crippen MR) is 93.0 cm³/mol. The van der Waals surface area contributed by atoms with Gasteiger partial charge in [-0.3, -0.25) is 14.5 Å². The maximum Gasteiger partial charge on any atom is 0.320 e. The summed E-state index contributed by atoms with van der Waals surface area (Å²) in [4.78, 5) is 26.0. The molecule has 2 aliphatic heterocycles. The van der Waals surface area contributed by atoms with Gasteiger partial charge in [0, 0.05) is 31.4 Å². The third-order valence-electron chi connectivity index (χ3n) is 5.54. The van der Waals surface area contributed by atoms with Crippen molar-refractivity contribution in [2.45, 2.75) is 31.3 Å². The van der Waals surface area contributed by atoms with E-state index in [9.17, 15) is 19.1 Å². The largest absolute Gasteiger partial charge is 0.480 e. The van der Waals surface area contributed by atoms with Crippen LogP contribution in [0.4, 0.5) is 4.39 Å².